The Kier molecular flexibility index (Phi) is 4.56. The predicted molar refractivity (Wildman–Crippen MR) is 93.6 cm³/mol. The van der Waals surface area contributed by atoms with E-state index in [0.717, 1.165) is 21.0 Å². The van der Waals surface area contributed by atoms with Crippen LogP contribution in [-0.2, 0) is 16.1 Å². The second-order valence-corrected chi connectivity index (χ2v) is 5.48. The summed E-state index contributed by atoms with van der Waals surface area (Å²) in [6, 6.07) is 16.6. The van der Waals surface area contributed by atoms with Crippen LogP contribution in [0.5, 0.6) is 0 Å². The van der Waals surface area contributed by atoms with Gasteiger partial charge in [0.05, 0.1) is 12.2 Å². The van der Waals surface area contributed by atoms with Crippen molar-refractivity contribution in [3.63, 3.8) is 0 Å². The lowest BCUT2D eigenvalue weighted by atomic mass is 10.0. The van der Waals surface area contributed by atoms with Crippen molar-refractivity contribution in [2.45, 2.75) is 6.54 Å². The van der Waals surface area contributed by atoms with Crippen LogP contribution in [0.1, 0.15) is 0 Å². The molecule has 7 nitrogen and oxygen atoms in total. The molecule has 0 unspecified atom stereocenters. The number of primary amides is 1. The van der Waals surface area contributed by atoms with E-state index >= 15 is 0 Å². The van der Waals surface area contributed by atoms with Crippen molar-refractivity contribution in [3.8, 4) is 11.3 Å². The summed E-state index contributed by atoms with van der Waals surface area (Å²) in [5, 5.41) is 8.68. The molecule has 0 aliphatic heterocycles. The van der Waals surface area contributed by atoms with Crippen LogP contribution in [0.15, 0.2) is 59.4 Å². The summed E-state index contributed by atoms with van der Waals surface area (Å²) in [4.78, 5) is 34.5. The fourth-order valence-electron chi connectivity index (χ4n) is 2.53. The Bertz CT molecular complexity index is 1010. The number of hydrogen-bond donors (Lipinski definition) is 2. The molecular formula is C18H16N4O3. The summed E-state index contributed by atoms with van der Waals surface area (Å²) >= 11 is 0. The van der Waals surface area contributed by atoms with E-state index in [2.05, 4.69) is 10.4 Å². The molecule has 0 atom stereocenters. The number of nitrogens with one attached hydrogen (secondary N) is 1. The van der Waals surface area contributed by atoms with Crippen LogP contribution in [0.4, 0.5) is 0 Å². The van der Waals surface area contributed by atoms with Gasteiger partial charge in [-0.2, -0.15) is 5.10 Å². The Labute approximate surface area is 143 Å². The lowest BCUT2D eigenvalue weighted by Gasteiger charge is -2.09. The highest BCUT2D eigenvalue weighted by molar-refractivity contribution is 5.95. The van der Waals surface area contributed by atoms with Crippen molar-refractivity contribution in [1.29, 1.82) is 0 Å². The summed E-state index contributed by atoms with van der Waals surface area (Å²) in [6.07, 6.45) is 0. The molecule has 2 aromatic carbocycles. The zero-order chi connectivity index (χ0) is 17.8. The number of carbonyl (C=O) groups is 2. The van der Waals surface area contributed by atoms with Gasteiger partial charge in [-0.05, 0) is 16.8 Å². The van der Waals surface area contributed by atoms with E-state index in [1.807, 2.05) is 42.5 Å². The molecule has 7 heteroatoms. The third kappa shape index (κ3) is 3.72. The number of fused-ring (bicyclic) bond motifs is 1. The SMILES string of the molecule is NC(=O)CNC(=O)Cn1nc(-c2cccc3ccccc23)ccc1=O. The number of aromatic nitrogens is 2. The molecule has 3 aromatic rings. The van der Waals surface area contributed by atoms with Crippen molar-refractivity contribution < 1.29 is 9.59 Å². The van der Waals surface area contributed by atoms with Gasteiger partial charge in [0.2, 0.25) is 11.8 Å². The molecule has 0 fully saturated rings. The van der Waals surface area contributed by atoms with Crippen molar-refractivity contribution in [3.05, 3.63) is 65.0 Å². The van der Waals surface area contributed by atoms with Crippen molar-refractivity contribution in [2.24, 2.45) is 5.73 Å². The summed E-state index contributed by atoms with van der Waals surface area (Å²) < 4.78 is 1.06. The highest BCUT2D eigenvalue weighted by atomic mass is 16.2. The van der Waals surface area contributed by atoms with Gasteiger partial charge in [-0.15, -0.1) is 0 Å². The molecule has 126 valence electrons. The summed E-state index contributed by atoms with van der Waals surface area (Å²) in [7, 11) is 0. The zero-order valence-electron chi connectivity index (χ0n) is 13.3. The maximum absolute atomic E-state index is 12.0. The van der Waals surface area contributed by atoms with E-state index in [9.17, 15) is 14.4 Å². The first-order valence-corrected chi connectivity index (χ1v) is 7.66. The smallest absolute Gasteiger partial charge is 0.267 e. The normalized spacial score (nSPS) is 10.6. The van der Waals surface area contributed by atoms with Crippen LogP contribution in [0.2, 0.25) is 0 Å². The second-order valence-electron chi connectivity index (χ2n) is 5.48. The Hall–Kier alpha value is -3.48. The van der Waals surface area contributed by atoms with Crippen LogP contribution >= 0.6 is 0 Å². The van der Waals surface area contributed by atoms with Gasteiger partial charge >= 0.3 is 0 Å². The highest BCUT2D eigenvalue weighted by Gasteiger charge is 2.10. The molecule has 0 saturated heterocycles. The molecule has 0 radical (unpaired) electrons. The van der Waals surface area contributed by atoms with Gasteiger partial charge in [0, 0.05) is 11.6 Å². The molecule has 25 heavy (non-hydrogen) atoms. The van der Waals surface area contributed by atoms with Crippen LogP contribution in [0.25, 0.3) is 22.0 Å². The molecule has 0 saturated carbocycles. The van der Waals surface area contributed by atoms with Crippen molar-refractivity contribution in [1.82, 2.24) is 15.1 Å². The maximum atomic E-state index is 12.0. The van der Waals surface area contributed by atoms with Gasteiger partial charge in [-0.25, -0.2) is 4.68 Å². The minimum atomic E-state index is -0.654. The van der Waals surface area contributed by atoms with Crippen LogP contribution in [-0.4, -0.2) is 28.1 Å². The zero-order valence-corrected chi connectivity index (χ0v) is 13.3. The van der Waals surface area contributed by atoms with Crippen LogP contribution in [0, 0.1) is 0 Å². The average molecular weight is 336 g/mol. The Morgan fingerprint density at radius 1 is 1.04 bits per heavy atom. The Balaban J connectivity index is 1.95. The Morgan fingerprint density at radius 2 is 1.80 bits per heavy atom. The number of nitrogens with zero attached hydrogens (tertiary/aromatic N) is 2. The average Bonchev–Trinajstić information content (AvgIpc) is 2.61. The largest absolute Gasteiger partial charge is 0.368 e. The first-order valence-electron chi connectivity index (χ1n) is 7.66. The topological polar surface area (TPSA) is 107 Å². The monoisotopic (exact) mass is 336 g/mol. The number of rotatable bonds is 5. The molecule has 3 N–H and O–H groups in total. The third-order valence-corrected chi connectivity index (χ3v) is 3.69. The number of amides is 2. The van der Waals surface area contributed by atoms with E-state index < -0.39 is 17.4 Å². The van der Waals surface area contributed by atoms with Gasteiger partial charge in [0.25, 0.3) is 5.56 Å². The molecule has 0 aliphatic carbocycles. The van der Waals surface area contributed by atoms with Crippen LogP contribution < -0.4 is 16.6 Å². The lowest BCUT2D eigenvalue weighted by Crippen LogP contribution is -2.38. The molecular weight excluding hydrogens is 320 g/mol. The standard InChI is InChI=1S/C18H16N4O3/c19-16(23)10-20-17(24)11-22-18(25)9-8-15(21-22)14-7-3-5-12-4-1-2-6-13(12)14/h1-9H,10-11H2,(H2,19,23)(H,20,24). The maximum Gasteiger partial charge on any atom is 0.267 e. The number of benzene rings is 2. The lowest BCUT2D eigenvalue weighted by molar-refractivity contribution is -0.125. The van der Waals surface area contributed by atoms with Gasteiger partial charge in [-0.1, -0.05) is 42.5 Å². The molecule has 0 spiro atoms. The first kappa shape index (κ1) is 16.4. The van der Waals surface area contributed by atoms with E-state index in [4.69, 9.17) is 5.73 Å². The van der Waals surface area contributed by atoms with E-state index in [1.54, 1.807) is 6.07 Å². The quantitative estimate of drug-likeness (QED) is 0.714. The molecule has 2 amide bonds. The number of nitrogens with two attached hydrogens (primary N) is 1. The second kappa shape index (κ2) is 6.96. The van der Waals surface area contributed by atoms with E-state index in [-0.39, 0.29) is 13.1 Å². The molecule has 0 bridgehead atoms. The minimum absolute atomic E-state index is 0.281. The van der Waals surface area contributed by atoms with Crippen molar-refractivity contribution in [2.75, 3.05) is 6.54 Å². The number of hydrogen-bond acceptors (Lipinski definition) is 4. The first-order chi connectivity index (χ1) is 12.0. The summed E-state index contributed by atoms with van der Waals surface area (Å²) in [6.45, 7) is -0.568. The molecule has 1 aromatic heterocycles. The van der Waals surface area contributed by atoms with Crippen LogP contribution in [0.3, 0.4) is 0 Å². The minimum Gasteiger partial charge on any atom is -0.368 e. The fourth-order valence-corrected chi connectivity index (χ4v) is 2.53. The van der Waals surface area contributed by atoms with Gasteiger partial charge in [-0.3, -0.25) is 14.4 Å². The molecule has 3 rings (SSSR count). The van der Waals surface area contributed by atoms with Gasteiger partial charge in [0.1, 0.15) is 6.54 Å². The predicted octanol–water partition coefficient (Wildman–Crippen LogP) is 0.665. The van der Waals surface area contributed by atoms with Crippen molar-refractivity contribution >= 4 is 22.6 Å². The summed E-state index contributed by atoms with van der Waals surface area (Å²) in [5.41, 5.74) is 6.02. The molecule has 0 aliphatic rings. The number of carbonyl (C=O) groups excluding carboxylic acids is 2. The Morgan fingerprint density at radius 3 is 2.60 bits per heavy atom. The van der Waals surface area contributed by atoms with Gasteiger partial charge in [0.15, 0.2) is 0 Å². The molecule has 1 heterocycles. The fraction of sp³-hybridized carbons (Fsp3) is 0.111. The highest BCUT2D eigenvalue weighted by Crippen LogP contribution is 2.26. The summed E-state index contributed by atoms with van der Waals surface area (Å²) in [5.74, 6) is -1.17. The van der Waals surface area contributed by atoms with E-state index in [0.29, 0.717) is 5.69 Å². The third-order valence-electron chi connectivity index (χ3n) is 3.69. The van der Waals surface area contributed by atoms with Gasteiger partial charge < -0.3 is 11.1 Å². The van der Waals surface area contributed by atoms with E-state index in [1.165, 1.54) is 6.07 Å².